The summed E-state index contributed by atoms with van der Waals surface area (Å²) in [4.78, 5) is 19.7. The molecule has 1 fully saturated rings. The zero-order chi connectivity index (χ0) is 24.7. The second kappa shape index (κ2) is 9.21. The van der Waals surface area contributed by atoms with Gasteiger partial charge in [0, 0.05) is 30.7 Å². The summed E-state index contributed by atoms with van der Waals surface area (Å²) >= 11 is 6.25. The third kappa shape index (κ3) is 4.78. The van der Waals surface area contributed by atoms with Gasteiger partial charge in [0.25, 0.3) is 0 Å². The quantitative estimate of drug-likeness (QED) is 0.569. The van der Waals surface area contributed by atoms with Crippen LogP contribution in [0.4, 0.5) is 5.69 Å². The molecule has 0 unspecified atom stereocenters. The smallest absolute Gasteiger partial charge is 0.311 e. The average Bonchev–Trinajstić information content (AvgIpc) is 2.93. The molecular formula is C26H32ClN3O4. The molecule has 0 amide bonds. The molecule has 2 aliphatic rings. The fraction of sp³-hybridized carbons (Fsp3) is 0.462. The van der Waals surface area contributed by atoms with Crippen LogP contribution in [-0.2, 0) is 4.79 Å². The van der Waals surface area contributed by atoms with Crippen molar-refractivity contribution >= 4 is 29.1 Å². The van der Waals surface area contributed by atoms with Crippen LogP contribution in [0.25, 0.3) is 0 Å². The second-order valence-corrected chi connectivity index (χ2v) is 10.5. The summed E-state index contributed by atoms with van der Waals surface area (Å²) in [5, 5.41) is 24.7. The molecule has 0 radical (unpaired) electrons. The van der Waals surface area contributed by atoms with Crippen molar-refractivity contribution in [3.8, 4) is 11.5 Å². The summed E-state index contributed by atoms with van der Waals surface area (Å²) < 4.78 is 6.17. The van der Waals surface area contributed by atoms with Crippen molar-refractivity contribution in [2.24, 2.45) is 16.3 Å². The molecule has 7 nitrogen and oxygen atoms in total. The Kier molecular flexibility index (Phi) is 6.64. The molecule has 2 aliphatic heterocycles. The number of piperazine rings is 1. The molecule has 0 aromatic heterocycles. The molecule has 3 atom stereocenters. The zero-order valence-electron chi connectivity index (χ0n) is 20.0. The highest BCUT2D eigenvalue weighted by Gasteiger charge is 2.49. The molecule has 0 spiro atoms. The third-order valence-corrected chi connectivity index (χ3v) is 7.22. The van der Waals surface area contributed by atoms with Gasteiger partial charge < -0.3 is 25.2 Å². The van der Waals surface area contributed by atoms with E-state index in [1.807, 2.05) is 31.2 Å². The molecule has 2 heterocycles. The summed E-state index contributed by atoms with van der Waals surface area (Å²) in [5.41, 5.74) is -0.585. The van der Waals surface area contributed by atoms with E-state index >= 15 is 0 Å². The third-order valence-electron chi connectivity index (χ3n) is 6.98. The Balaban J connectivity index is 1.72. The van der Waals surface area contributed by atoms with Crippen LogP contribution >= 0.6 is 11.6 Å². The van der Waals surface area contributed by atoms with E-state index in [2.05, 4.69) is 10.2 Å². The maximum Gasteiger partial charge on any atom is 0.311 e. The lowest BCUT2D eigenvalue weighted by atomic mass is 9.68. The first kappa shape index (κ1) is 24.5. The number of carboxylic acid groups (broad SMARTS) is 1. The zero-order valence-corrected chi connectivity index (χ0v) is 20.8. The number of nitrogens with zero attached hydrogens (tertiary/aromatic N) is 2. The van der Waals surface area contributed by atoms with Gasteiger partial charge in [0.1, 0.15) is 17.3 Å². The van der Waals surface area contributed by atoms with Gasteiger partial charge in [-0.25, -0.2) is 4.99 Å². The number of carbonyl (C=O) groups is 1. The molecule has 1 saturated heterocycles. The number of aliphatic hydroxyl groups is 1. The number of hydrogen-bond donors (Lipinski definition) is 3. The summed E-state index contributed by atoms with van der Waals surface area (Å²) in [6.07, 6.45) is 0.372. The van der Waals surface area contributed by atoms with E-state index in [1.165, 1.54) is 0 Å². The number of aliphatic imine (C=N–C) groups is 1. The predicted molar refractivity (Wildman–Crippen MR) is 133 cm³/mol. The Morgan fingerprint density at radius 3 is 2.71 bits per heavy atom. The van der Waals surface area contributed by atoms with Crippen molar-refractivity contribution < 1.29 is 19.7 Å². The summed E-state index contributed by atoms with van der Waals surface area (Å²) in [6.45, 7) is 8.81. The Morgan fingerprint density at radius 2 is 2.00 bits per heavy atom. The normalized spacial score (nSPS) is 20.7. The maximum atomic E-state index is 12.6. The van der Waals surface area contributed by atoms with Crippen LogP contribution in [0.1, 0.15) is 39.7 Å². The Morgan fingerprint density at radius 1 is 1.26 bits per heavy atom. The molecule has 2 aromatic rings. The van der Waals surface area contributed by atoms with Crippen molar-refractivity contribution in [2.45, 2.75) is 45.8 Å². The molecule has 8 heteroatoms. The molecular weight excluding hydrogens is 454 g/mol. The average molecular weight is 486 g/mol. The van der Waals surface area contributed by atoms with Crippen molar-refractivity contribution in [3.63, 3.8) is 0 Å². The van der Waals surface area contributed by atoms with Crippen molar-refractivity contribution in [2.75, 3.05) is 19.6 Å². The first-order valence-corrected chi connectivity index (χ1v) is 12.0. The van der Waals surface area contributed by atoms with E-state index in [-0.39, 0.29) is 12.0 Å². The van der Waals surface area contributed by atoms with Crippen molar-refractivity contribution in [1.82, 2.24) is 10.2 Å². The number of rotatable bonds is 5. The van der Waals surface area contributed by atoms with Crippen LogP contribution in [0.3, 0.4) is 0 Å². The van der Waals surface area contributed by atoms with Gasteiger partial charge >= 0.3 is 5.97 Å². The highest BCUT2D eigenvalue weighted by molar-refractivity contribution is 6.31. The Labute approximate surface area is 205 Å². The second-order valence-electron chi connectivity index (χ2n) is 10.1. The molecule has 182 valence electrons. The topological polar surface area (TPSA) is 94.4 Å². The minimum atomic E-state index is -1.10. The van der Waals surface area contributed by atoms with E-state index in [4.69, 9.17) is 21.3 Å². The van der Waals surface area contributed by atoms with Crippen molar-refractivity contribution in [3.05, 3.63) is 53.1 Å². The molecule has 0 saturated carbocycles. The van der Waals surface area contributed by atoms with Gasteiger partial charge in [0.05, 0.1) is 16.6 Å². The molecule has 4 rings (SSSR count). The van der Waals surface area contributed by atoms with Crippen LogP contribution in [0.15, 0.2) is 47.5 Å². The Hall–Kier alpha value is -2.61. The molecule has 3 N–H and O–H groups in total. The standard InChI is InChI=1S/C26H32ClN3O4/c1-16(14-25(2,3)33)26(4,24(31)32)22-15-30(12-11-28-22)23-18-7-5-6-8-20(18)34-21-10-9-17(27)13-19(21)29-23/h5-10,13,16,22,28,33H,11-12,14-15H2,1-4H3,(H,31,32)/t16-,22-,26-/m1/s1. The number of benzene rings is 2. The van der Waals surface area contributed by atoms with Crippen LogP contribution < -0.4 is 10.1 Å². The number of carboxylic acids is 1. The van der Waals surface area contributed by atoms with Crippen LogP contribution in [0.2, 0.25) is 5.02 Å². The number of ether oxygens (including phenoxy) is 1. The summed E-state index contributed by atoms with van der Waals surface area (Å²) in [7, 11) is 0. The van der Waals surface area contributed by atoms with Gasteiger partial charge in [-0.15, -0.1) is 0 Å². The summed E-state index contributed by atoms with van der Waals surface area (Å²) in [5.74, 6) is 0.883. The van der Waals surface area contributed by atoms with Gasteiger partial charge in [0.15, 0.2) is 5.75 Å². The SMILES string of the molecule is C[C@H](CC(C)(C)O)[C@@](C)(C(=O)O)[C@H]1CN(C2=Nc3cc(Cl)ccc3Oc3ccccc32)CCN1. The lowest BCUT2D eigenvalue weighted by Crippen LogP contribution is -2.62. The van der Waals surface area contributed by atoms with E-state index < -0.39 is 17.0 Å². The monoisotopic (exact) mass is 485 g/mol. The summed E-state index contributed by atoms with van der Waals surface area (Å²) in [6, 6.07) is 12.7. The maximum absolute atomic E-state index is 12.6. The van der Waals surface area contributed by atoms with E-state index in [1.54, 1.807) is 39.0 Å². The van der Waals surface area contributed by atoms with E-state index in [0.717, 1.165) is 11.4 Å². The van der Waals surface area contributed by atoms with Gasteiger partial charge in [0.2, 0.25) is 0 Å². The number of halogens is 1. The number of hydrogen-bond acceptors (Lipinski definition) is 6. The van der Waals surface area contributed by atoms with E-state index in [0.29, 0.717) is 48.3 Å². The minimum absolute atomic E-state index is 0.270. The lowest BCUT2D eigenvalue weighted by molar-refractivity contribution is -0.155. The fourth-order valence-electron chi connectivity index (χ4n) is 4.95. The number of amidine groups is 1. The van der Waals surface area contributed by atoms with Gasteiger partial charge in [-0.3, -0.25) is 4.79 Å². The minimum Gasteiger partial charge on any atom is -0.481 e. The van der Waals surface area contributed by atoms with E-state index in [9.17, 15) is 15.0 Å². The first-order chi connectivity index (χ1) is 16.0. The number of aliphatic carboxylic acids is 1. The molecule has 2 aromatic carbocycles. The molecule has 0 bridgehead atoms. The number of nitrogens with one attached hydrogen (secondary N) is 1. The highest BCUT2D eigenvalue weighted by atomic mass is 35.5. The molecule has 0 aliphatic carbocycles. The van der Waals surface area contributed by atoms with Crippen LogP contribution in [-0.4, -0.2) is 58.2 Å². The van der Waals surface area contributed by atoms with Gasteiger partial charge in [-0.05, 0) is 63.4 Å². The fourth-order valence-corrected chi connectivity index (χ4v) is 5.11. The Bertz CT molecular complexity index is 1110. The van der Waals surface area contributed by atoms with Gasteiger partial charge in [-0.1, -0.05) is 30.7 Å². The number of para-hydroxylation sites is 1. The van der Waals surface area contributed by atoms with Crippen LogP contribution in [0.5, 0.6) is 11.5 Å². The predicted octanol–water partition coefficient (Wildman–Crippen LogP) is 4.69. The number of fused-ring (bicyclic) bond motifs is 2. The largest absolute Gasteiger partial charge is 0.481 e. The highest BCUT2D eigenvalue weighted by Crippen LogP contribution is 2.41. The lowest BCUT2D eigenvalue weighted by Gasteiger charge is -2.46. The van der Waals surface area contributed by atoms with Gasteiger partial charge in [-0.2, -0.15) is 0 Å². The first-order valence-electron chi connectivity index (χ1n) is 11.6. The van der Waals surface area contributed by atoms with Crippen molar-refractivity contribution in [1.29, 1.82) is 0 Å². The molecule has 34 heavy (non-hydrogen) atoms. The van der Waals surface area contributed by atoms with Crippen LogP contribution in [0, 0.1) is 11.3 Å².